The van der Waals surface area contributed by atoms with E-state index >= 15 is 0 Å². The van der Waals surface area contributed by atoms with Crippen LogP contribution in [0.4, 0.5) is 5.13 Å². The molecule has 1 heterocycles. The van der Waals surface area contributed by atoms with Crippen LogP contribution in [0.25, 0.3) is 10.2 Å². The van der Waals surface area contributed by atoms with Crippen LogP contribution >= 0.6 is 11.3 Å². The van der Waals surface area contributed by atoms with Gasteiger partial charge < -0.3 is 9.47 Å². The largest absolute Gasteiger partial charge is 0.484 e. The molecule has 0 unspecified atom stereocenters. The van der Waals surface area contributed by atoms with Gasteiger partial charge in [0.25, 0.3) is 5.91 Å². The van der Waals surface area contributed by atoms with Crippen molar-refractivity contribution < 1.29 is 19.1 Å². The fourth-order valence-electron chi connectivity index (χ4n) is 2.43. The number of nitrogens with zero attached hydrogens (tertiary/aromatic N) is 1. The number of aryl methyl sites for hydroxylation is 2. The third-order valence-electron chi connectivity index (χ3n) is 3.99. The summed E-state index contributed by atoms with van der Waals surface area (Å²) in [6.07, 6.45) is 0. The van der Waals surface area contributed by atoms with Crippen molar-refractivity contribution in [3.63, 3.8) is 0 Å². The number of amides is 1. The molecule has 0 aliphatic heterocycles. The summed E-state index contributed by atoms with van der Waals surface area (Å²) in [5.41, 5.74) is 3.45. The minimum atomic E-state index is -0.375. The van der Waals surface area contributed by atoms with Crippen molar-refractivity contribution >= 4 is 38.6 Å². The van der Waals surface area contributed by atoms with Crippen molar-refractivity contribution in [2.45, 2.75) is 20.8 Å². The first-order chi connectivity index (χ1) is 13.0. The molecule has 0 saturated heterocycles. The number of aromatic nitrogens is 1. The van der Waals surface area contributed by atoms with E-state index in [4.69, 9.17) is 9.47 Å². The highest BCUT2D eigenvalue weighted by Crippen LogP contribution is 2.27. The Morgan fingerprint density at radius 3 is 2.67 bits per heavy atom. The summed E-state index contributed by atoms with van der Waals surface area (Å²) in [6.45, 7) is 5.99. The van der Waals surface area contributed by atoms with Crippen LogP contribution in [0.3, 0.4) is 0 Å². The molecule has 140 valence electrons. The van der Waals surface area contributed by atoms with Crippen molar-refractivity contribution in [1.82, 2.24) is 4.98 Å². The van der Waals surface area contributed by atoms with Gasteiger partial charge in [0, 0.05) is 0 Å². The first kappa shape index (κ1) is 18.8. The minimum absolute atomic E-state index is 0.105. The summed E-state index contributed by atoms with van der Waals surface area (Å²) >= 11 is 1.29. The van der Waals surface area contributed by atoms with Crippen LogP contribution in [-0.4, -0.2) is 30.1 Å². The number of fused-ring (bicyclic) bond motifs is 1. The summed E-state index contributed by atoms with van der Waals surface area (Å²) in [4.78, 5) is 28.3. The molecule has 0 spiro atoms. The van der Waals surface area contributed by atoms with Gasteiger partial charge >= 0.3 is 5.97 Å². The highest BCUT2D eigenvalue weighted by molar-refractivity contribution is 7.22. The molecule has 0 radical (unpaired) electrons. The molecule has 0 aliphatic carbocycles. The maximum atomic E-state index is 12.1. The molecule has 7 heteroatoms. The molecule has 6 nitrogen and oxygen atoms in total. The molecule has 0 fully saturated rings. The molecule has 1 aromatic heterocycles. The van der Waals surface area contributed by atoms with Gasteiger partial charge in [0.2, 0.25) is 0 Å². The van der Waals surface area contributed by atoms with E-state index in [1.54, 1.807) is 25.1 Å². The molecule has 3 aromatic rings. The van der Waals surface area contributed by atoms with Crippen molar-refractivity contribution in [2.24, 2.45) is 0 Å². The van der Waals surface area contributed by atoms with Gasteiger partial charge in [-0.2, -0.15) is 0 Å². The van der Waals surface area contributed by atoms with Gasteiger partial charge in [0.1, 0.15) is 5.75 Å². The number of anilines is 1. The van der Waals surface area contributed by atoms with E-state index in [0.29, 0.717) is 28.6 Å². The van der Waals surface area contributed by atoms with Gasteiger partial charge in [0.05, 0.1) is 22.4 Å². The summed E-state index contributed by atoms with van der Waals surface area (Å²) in [5, 5.41) is 3.19. The molecule has 27 heavy (non-hydrogen) atoms. The van der Waals surface area contributed by atoms with Crippen LogP contribution in [0, 0.1) is 13.8 Å². The highest BCUT2D eigenvalue weighted by atomic mass is 32.1. The van der Waals surface area contributed by atoms with E-state index in [0.717, 1.165) is 10.3 Å². The molecule has 0 atom stereocenters. The quantitative estimate of drug-likeness (QED) is 0.647. The maximum absolute atomic E-state index is 12.1. The van der Waals surface area contributed by atoms with E-state index in [1.165, 1.54) is 16.9 Å². The summed E-state index contributed by atoms with van der Waals surface area (Å²) in [5.74, 6) is -0.0188. The molecule has 2 aromatic carbocycles. The number of carbonyl (C=O) groups is 2. The van der Waals surface area contributed by atoms with Crippen LogP contribution in [-0.2, 0) is 9.53 Å². The molecular formula is C20H20N2O4S. The second kappa shape index (κ2) is 8.18. The standard InChI is InChI=1S/C20H20N2O4S/c1-4-25-19(24)14-6-8-16-17(10-14)27-20(21-16)22-18(23)11-26-15-7-5-12(2)13(3)9-15/h5-10H,4,11H2,1-3H3,(H,21,22,23). The average Bonchev–Trinajstić information content (AvgIpc) is 3.04. The number of thiazole rings is 1. The fourth-order valence-corrected chi connectivity index (χ4v) is 3.35. The molecular weight excluding hydrogens is 364 g/mol. The summed E-state index contributed by atoms with van der Waals surface area (Å²) < 4.78 is 11.3. The normalized spacial score (nSPS) is 10.6. The Bertz CT molecular complexity index is 997. The number of rotatable bonds is 6. The van der Waals surface area contributed by atoms with Crippen LogP contribution in [0.2, 0.25) is 0 Å². The Labute approximate surface area is 161 Å². The average molecular weight is 384 g/mol. The number of esters is 1. The van der Waals surface area contributed by atoms with Gasteiger partial charge in [-0.05, 0) is 62.2 Å². The van der Waals surface area contributed by atoms with Crippen molar-refractivity contribution in [2.75, 3.05) is 18.5 Å². The number of benzene rings is 2. The Balaban J connectivity index is 1.64. The van der Waals surface area contributed by atoms with Crippen molar-refractivity contribution in [1.29, 1.82) is 0 Å². The van der Waals surface area contributed by atoms with Crippen LogP contribution in [0.5, 0.6) is 5.75 Å². The Morgan fingerprint density at radius 2 is 1.93 bits per heavy atom. The molecule has 0 aliphatic rings. The summed E-state index contributed by atoms with van der Waals surface area (Å²) in [6, 6.07) is 10.8. The third kappa shape index (κ3) is 4.62. The van der Waals surface area contributed by atoms with E-state index in [9.17, 15) is 9.59 Å². The summed E-state index contributed by atoms with van der Waals surface area (Å²) in [7, 11) is 0. The van der Waals surface area contributed by atoms with Crippen molar-refractivity contribution in [3.8, 4) is 5.75 Å². The van der Waals surface area contributed by atoms with E-state index in [-0.39, 0.29) is 18.5 Å². The van der Waals surface area contributed by atoms with E-state index in [1.807, 2.05) is 32.0 Å². The van der Waals surface area contributed by atoms with Gasteiger partial charge in [-0.25, -0.2) is 9.78 Å². The third-order valence-corrected chi connectivity index (χ3v) is 4.93. The minimum Gasteiger partial charge on any atom is -0.484 e. The smallest absolute Gasteiger partial charge is 0.338 e. The second-order valence-electron chi connectivity index (χ2n) is 6.00. The lowest BCUT2D eigenvalue weighted by Crippen LogP contribution is -2.20. The SMILES string of the molecule is CCOC(=O)c1ccc2nc(NC(=O)COc3ccc(C)c(C)c3)sc2c1. The lowest BCUT2D eigenvalue weighted by atomic mass is 10.1. The number of hydrogen-bond acceptors (Lipinski definition) is 6. The Hall–Kier alpha value is -2.93. The topological polar surface area (TPSA) is 77.5 Å². The number of ether oxygens (including phenoxy) is 2. The first-order valence-electron chi connectivity index (χ1n) is 8.54. The van der Waals surface area contributed by atoms with Gasteiger partial charge in [0.15, 0.2) is 11.7 Å². The Morgan fingerprint density at radius 1 is 1.11 bits per heavy atom. The monoisotopic (exact) mass is 384 g/mol. The van der Waals surface area contributed by atoms with Gasteiger partial charge in [-0.15, -0.1) is 0 Å². The molecule has 0 bridgehead atoms. The zero-order chi connectivity index (χ0) is 19.4. The fraction of sp³-hybridized carbons (Fsp3) is 0.250. The van der Waals surface area contributed by atoms with Crippen LogP contribution in [0.1, 0.15) is 28.4 Å². The van der Waals surface area contributed by atoms with Gasteiger partial charge in [-0.3, -0.25) is 10.1 Å². The maximum Gasteiger partial charge on any atom is 0.338 e. The lowest BCUT2D eigenvalue weighted by Gasteiger charge is -2.07. The number of nitrogens with one attached hydrogen (secondary N) is 1. The van der Waals surface area contributed by atoms with Crippen LogP contribution in [0.15, 0.2) is 36.4 Å². The molecule has 3 rings (SSSR count). The zero-order valence-electron chi connectivity index (χ0n) is 15.4. The first-order valence-corrected chi connectivity index (χ1v) is 9.35. The van der Waals surface area contributed by atoms with Crippen LogP contribution < -0.4 is 10.1 Å². The van der Waals surface area contributed by atoms with E-state index in [2.05, 4.69) is 10.3 Å². The predicted octanol–water partition coefficient (Wildman–Crippen LogP) is 4.11. The highest BCUT2D eigenvalue weighted by Gasteiger charge is 2.12. The predicted molar refractivity (Wildman–Crippen MR) is 106 cm³/mol. The number of hydrogen-bond donors (Lipinski definition) is 1. The van der Waals surface area contributed by atoms with Gasteiger partial charge in [-0.1, -0.05) is 17.4 Å². The lowest BCUT2D eigenvalue weighted by molar-refractivity contribution is -0.118. The molecule has 0 saturated carbocycles. The second-order valence-corrected chi connectivity index (χ2v) is 7.04. The molecule has 1 N–H and O–H groups in total. The Kier molecular flexibility index (Phi) is 5.71. The number of carbonyl (C=O) groups excluding carboxylic acids is 2. The van der Waals surface area contributed by atoms with Crippen molar-refractivity contribution in [3.05, 3.63) is 53.1 Å². The molecule has 1 amide bonds. The zero-order valence-corrected chi connectivity index (χ0v) is 16.2. The van der Waals surface area contributed by atoms with E-state index < -0.39 is 0 Å².